The summed E-state index contributed by atoms with van der Waals surface area (Å²) in [5.41, 5.74) is 1.53. The number of anilines is 1. The number of pyridine rings is 1. The van der Waals surface area contributed by atoms with E-state index in [1.54, 1.807) is 42.6 Å². The van der Waals surface area contributed by atoms with E-state index in [4.69, 9.17) is 4.74 Å². The SMILES string of the molecule is COCN1C(=O)/C(=C/C(=O)c2ccccc2)c2cccnc21. The Balaban J connectivity index is 2.02. The first kappa shape index (κ1) is 14.2. The molecule has 0 N–H and O–H groups in total. The average Bonchev–Trinajstić information content (AvgIpc) is 2.82. The number of amides is 1. The molecule has 0 atom stereocenters. The Bertz CT molecular complexity index is 754. The summed E-state index contributed by atoms with van der Waals surface area (Å²) >= 11 is 0. The molecule has 3 rings (SSSR count). The van der Waals surface area contributed by atoms with E-state index in [2.05, 4.69) is 4.98 Å². The van der Waals surface area contributed by atoms with Crippen molar-refractivity contribution in [2.24, 2.45) is 0 Å². The quantitative estimate of drug-likeness (QED) is 0.641. The van der Waals surface area contributed by atoms with Gasteiger partial charge in [-0.25, -0.2) is 4.98 Å². The van der Waals surface area contributed by atoms with E-state index in [9.17, 15) is 9.59 Å². The lowest BCUT2D eigenvalue weighted by Gasteiger charge is -2.13. The molecule has 0 aliphatic carbocycles. The number of ether oxygens (including phenoxy) is 1. The summed E-state index contributed by atoms with van der Waals surface area (Å²) in [5.74, 6) is 0.0271. The van der Waals surface area contributed by atoms with Gasteiger partial charge in [-0.3, -0.25) is 14.5 Å². The smallest absolute Gasteiger partial charge is 0.262 e. The maximum Gasteiger partial charge on any atom is 0.262 e. The molecule has 0 saturated heterocycles. The molecule has 110 valence electrons. The van der Waals surface area contributed by atoms with Gasteiger partial charge < -0.3 is 4.74 Å². The standard InChI is InChI=1S/C17H14N2O3/c1-22-11-19-16-13(8-5-9-18-16)14(17(19)21)10-15(20)12-6-3-2-4-7-12/h2-10H,11H2,1H3/b14-10+. The van der Waals surface area contributed by atoms with Gasteiger partial charge in [-0.05, 0) is 18.2 Å². The molecule has 1 amide bonds. The Morgan fingerprint density at radius 3 is 2.73 bits per heavy atom. The Morgan fingerprint density at radius 1 is 1.23 bits per heavy atom. The number of ketones is 1. The Kier molecular flexibility index (Phi) is 3.80. The van der Waals surface area contributed by atoms with Crippen LogP contribution in [0, 0.1) is 0 Å². The van der Waals surface area contributed by atoms with Crippen molar-refractivity contribution in [2.45, 2.75) is 0 Å². The minimum Gasteiger partial charge on any atom is -0.364 e. The molecular weight excluding hydrogens is 280 g/mol. The van der Waals surface area contributed by atoms with Crippen molar-refractivity contribution in [1.29, 1.82) is 0 Å². The fourth-order valence-corrected chi connectivity index (χ4v) is 2.38. The van der Waals surface area contributed by atoms with Crippen LogP contribution in [0.15, 0.2) is 54.7 Å². The highest BCUT2D eigenvalue weighted by molar-refractivity contribution is 6.35. The highest BCUT2D eigenvalue weighted by Crippen LogP contribution is 2.34. The van der Waals surface area contributed by atoms with E-state index in [1.807, 2.05) is 6.07 Å². The van der Waals surface area contributed by atoms with E-state index >= 15 is 0 Å². The number of carbonyl (C=O) groups is 2. The van der Waals surface area contributed by atoms with Crippen LogP contribution < -0.4 is 4.90 Å². The monoisotopic (exact) mass is 294 g/mol. The normalized spacial score (nSPS) is 15.2. The van der Waals surface area contributed by atoms with Gasteiger partial charge in [0.2, 0.25) is 0 Å². The number of methoxy groups -OCH3 is 1. The van der Waals surface area contributed by atoms with Crippen LogP contribution in [0.5, 0.6) is 0 Å². The third-order valence-corrected chi connectivity index (χ3v) is 3.40. The second-order valence-corrected chi connectivity index (χ2v) is 4.81. The van der Waals surface area contributed by atoms with Crippen molar-refractivity contribution in [1.82, 2.24) is 4.98 Å². The van der Waals surface area contributed by atoms with Crippen LogP contribution in [0.2, 0.25) is 0 Å². The number of hydrogen-bond donors (Lipinski definition) is 0. The van der Waals surface area contributed by atoms with Crippen LogP contribution in [0.25, 0.3) is 5.57 Å². The molecule has 5 nitrogen and oxygen atoms in total. The molecule has 22 heavy (non-hydrogen) atoms. The second kappa shape index (κ2) is 5.91. The fourth-order valence-electron chi connectivity index (χ4n) is 2.38. The van der Waals surface area contributed by atoms with Gasteiger partial charge in [0.15, 0.2) is 5.78 Å². The number of hydrogen-bond acceptors (Lipinski definition) is 4. The lowest BCUT2D eigenvalue weighted by atomic mass is 10.0. The number of carbonyl (C=O) groups excluding carboxylic acids is 2. The number of rotatable bonds is 4. The number of benzene rings is 1. The van der Waals surface area contributed by atoms with Crippen LogP contribution in [-0.2, 0) is 9.53 Å². The summed E-state index contributed by atoms with van der Waals surface area (Å²) < 4.78 is 5.04. The minimum atomic E-state index is -0.278. The Morgan fingerprint density at radius 2 is 2.00 bits per heavy atom. The van der Waals surface area contributed by atoms with E-state index in [1.165, 1.54) is 18.1 Å². The summed E-state index contributed by atoms with van der Waals surface area (Å²) in [6, 6.07) is 12.4. The maximum atomic E-state index is 12.5. The molecule has 1 aromatic heterocycles. The molecule has 0 saturated carbocycles. The van der Waals surface area contributed by atoms with Crippen LogP contribution in [-0.4, -0.2) is 30.5 Å². The van der Waals surface area contributed by atoms with Gasteiger partial charge in [-0.2, -0.15) is 0 Å². The maximum absolute atomic E-state index is 12.5. The first-order chi connectivity index (χ1) is 10.7. The van der Waals surface area contributed by atoms with Crippen LogP contribution >= 0.6 is 0 Å². The van der Waals surface area contributed by atoms with Crippen LogP contribution in [0.4, 0.5) is 5.82 Å². The molecule has 0 bridgehead atoms. The number of fused-ring (bicyclic) bond motifs is 1. The fraction of sp³-hybridized carbons (Fsp3) is 0.118. The molecule has 2 heterocycles. The molecule has 1 aromatic carbocycles. The topological polar surface area (TPSA) is 59.5 Å². The molecule has 0 fully saturated rings. The van der Waals surface area contributed by atoms with Gasteiger partial charge in [-0.15, -0.1) is 0 Å². The first-order valence-electron chi connectivity index (χ1n) is 6.79. The first-order valence-corrected chi connectivity index (χ1v) is 6.79. The Labute approximate surface area is 127 Å². The van der Waals surface area contributed by atoms with Crippen molar-refractivity contribution >= 4 is 23.1 Å². The van der Waals surface area contributed by atoms with Crippen molar-refractivity contribution in [3.8, 4) is 0 Å². The summed E-state index contributed by atoms with van der Waals surface area (Å²) in [7, 11) is 1.51. The van der Waals surface area contributed by atoms with Crippen molar-refractivity contribution in [2.75, 3.05) is 18.7 Å². The summed E-state index contributed by atoms with van der Waals surface area (Å²) in [6.07, 6.45) is 2.98. The number of aromatic nitrogens is 1. The highest BCUT2D eigenvalue weighted by atomic mass is 16.5. The predicted octanol–water partition coefficient (Wildman–Crippen LogP) is 2.30. The molecule has 0 spiro atoms. The minimum absolute atomic E-state index is 0.0969. The Hall–Kier alpha value is -2.79. The third kappa shape index (κ3) is 2.42. The summed E-state index contributed by atoms with van der Waals surface area (Å²) in [5, 5.41) is 0. The van der Waals surface area contributed by atoms with Crippen LogP contribution in [0.3, 0.4) is 0 Å². The van der Waals surface area contributed by atoms with E-state index in [0.29, 0.717) is 22.5 Å². The largest absolute Gasteiger partial charge is 0.364 e. The molecule has 2 aromatic rings. The summed E-state index contributed by atoms with van der Waals surface area (Å²) in [6.45, 7) is 0.0969. The van der Waals surface area contributed by atoms with Crippen molar-refractivity contribution < 1.29 is 14.3 Å². The van der Waals surface area contributed by atoms with Crippen LogP contribution in [0.1, 0.15) is 15.9 Å². The van der Waals surface area contributed by atoms with Gasteiger partial charge in [0.05, 0.1) is 5.57 Å². The zero-order valence-corrected chi connectivity index (χ0v) is 12.0. The molecule has 5 heteroatoms. The van der Waals surface area contributed by atoms with Crippen molar-refractivity contribution in [3.63, 3.8) is 0 Å². The molecule has 0 unspecified atom stereocenters. The van der Waals surface area contributed by atoms with Gasteiger partial charge in [-0.1, -0.05) is 30.3 Å². The van der Waals surface area contributed by atoms with Gasteiger partial charge in [0.25, 0.3) is 5.91 Å². The van der Waals surface area contributed by atoms with E-state index in [-0.39, 0.29) is 18.4 Å². The average molecular weight is 294 g/mol. The van der Waals surface area contributed by atoms with Gasteiger partial charge in [0.1, 0.15) is 12.5 Å². The lowest BCUT2D eigenvalue weighted by Crippen LogP contribution is -2.29. The van der Waals surface area contributed by atoms with Gasteiger partial charge >= 0.3 is 0 Å². The zero-order valence-electron chi connectivity index (χ0n) is 12.0. The van der Waals surface area contributed by atoms with E-state index in [0.717, 1.165) is 0 Å². The lowest BCUT2D eigenvalue weighted by molar-refractivity contribution is -0.113. The molecule has 0 radical (unpaired) electrons. The molecule has 1 aliphatic heterocycles. The second-order valence-electron chi connectivity index (χ2n) is 4.81. The number of allylic oxidation sites excluding steroid dienone is 1. The predicted molar refractivity (Wildman–Crippen MR) is 82.3 cm³/mol. The highest BCUT2D eigenvalue weighted by Gasteiger charge is 2.33. The zero-order chi connectivity index (χ0) is 15.5. The third-order valence-electron chi connectivity index (χ3n) is 3.40. The van der Waals surface area contributed by atoms with E-state index < -0.39 is 0 Å². The summed E-state index contributed by atoms with van der Waals surface area (Å²) in [4.78, 5) is 30.5. The van der Waals surface area contributed by atoms with Crippen molar-refractivity contribution in [3.05, 3.63) is 65.9 Å². The molecular formula is C17H14N2O3. The van der Waals surface area contributed by atoms with Gasteiger partial charge in [0, 0.05) is 24.4 Å². The molecule has 1 aliphatic rings. The number of nitrogens with zero attached hydrogens (tertiary/aromatic N) is 2.